The number of fused-ring (bicyclic) bond motifs is 2. The van der Waals surface area contributed by atoms with E-state index in [2.05, 4.69) is 5.32 Å². The number of aliphatic hydroxyl groups excluding tert-OH is 1. The number of esters is 1. The van der Waals surface area contributed by atoms with E-state index in [1.165, 1.54) is 12.1 Å². The van der Waals surface area contributed by atoms with Gasteiger partial charge in [0.15, 0.2) is 11.0 Å². The lowest BCUT2D eigenvalue weighted by Gasteiger charge is -2.40. The number of hydrogen-bond acceptors (Lipinski definition) is 9. The predicted molar refractivity (Wildman–Crippen MR) is 138 cm³/mol. The molecule has 0 bridgehead atoms. The van der Waals surface area contributed by atoms with Gasteiger partial charge in [0, 0.05) is 23.6 Å². The van der Waals surface area contributed by atoms with Crippen LogP contribution in [-0.2, 0) is 22.6 Å². The monoisotopic (exact) mass is 509 g/mol. The summed E-state index contributed by atoms with van der Waals surface area (Å²) >= 11 is 0. The predicted octanol–water partition coefficient (Wildman–Crippen LogP) is 3.54. The molecule has 1 atom stereocenters. The summed E-state index contributed by atoms with van der Waals surface area (Å²) in [6.45, 7) is 5.39. The molecule has 0 radical (unpaired) electrons. The van der Waals surface area contributed by atoms with Crippen molar-refractivity contribution in [2.45, 2.75) is 51.9 Å². The van der Waals surface area contributed by atoms with Crippen LogP contribution in [0.2, 0.25) is 0 Å². The molecule has 0 saturated carbocycles. The van der Waals surface area contributed by atoms with Crippen LogP contribution in [0.1, 0.15) is 38.5 Å². The van der Waals surface area contributed by atoms with Crippen molar-refractivity contribution in [3.8, 4) is 28.4 Å². The summed E-state index contributed by atoms with van der Waals surface area (Å²) in [5.41, 5.74) is 0.0636. The molecule has 1 aliphatic heterocycles. The van der Waals surface area contributed by atoms with E-state index >= 15 is 0 Å². The second-order valence-electron chi connectivity index (χ2n) is 9.49. The SMILES string of the molecule is CC=C(CCNC)C(=O)O[C@H]1Cc2c(c(-c3cccc(O)c3)c3oc(CO)cc(=O)c3c2O)OC1(C)C. The molecule has 1 aliphatic rings. The van der Waals surface area contributed by atoms with E-state index in [-0.39, 0.29) is 46.0 Å². The Hall–Kier alpha value is -3.82. The molecule has 0 spiro atoms. The van der Waals surface area contributed by atoms with Gasteiger partial charge >= 0.3 is 5.97 Å². The number of phenols is 2. The Morgan fingerprint density at radius 2 is 2.03 bits per heavy atom. The van der Waals surface area contributed by atoms with Crippen LogP contribution in [0.3, 0.4) is 0 Å². The Morgan fingerprint density at radius 1 is 1.27 bits per heavy atom. The number of aliphatic hydroxyl groups is 1. The number of phenolic OH excluding ortho intramolecular Hbond substituents is 2. The fraction of sp³-hybridized carbons (Fsp3) is 0.357. The average molecular weight is 510 g/mol. The molecule has 0 aliphatic carbocycles. The highest BCUT2D eigenvalue weighted by Gasteiger charge is 2.43. The van der Waals surface area contributed by atoms with Gasteiger partial charge in [0.2, 0.25) is 0 Å². The fourth-order valence-corrected chi connectivity index (χ4v) is 4.53. The molecule has 3 aromatic rings. The van der Waals surface area contributed by atoms with E-state index in [9.17, 15) is 24.9 Å². The van der Waals surface area contributed by atoms with Gasteiger partial charge in [-0.2, -0.15) is 0 Å². The molecule has 196 valence electrons. The van der Waals surface area contributed by atoms with E-state index in [4.69, 9.17) is 13.9 Å². The molecule has 4 rings (SSSR count). The minimum atomic E-state index is -1.02. The minimum Gasteiger partial charge on any atom is -0.508 e. The van der Waals surface area contributed by atoms with Crippen molar-refractivity contribution >= 4 is 16.9 Å². The minimum absolute atomic E-state index is 0.0144. The quantitative estimate of drug-likeness (QED) is 0.278. The number of allylic oxidation sites excluding steroid dienone is 1. The van der Waals surface area contributed by atoms with Crippen molar-refractivity contribution in [3.63, 3.8) is 0 Å². The van der Waals surface area contributed by atoms with Gasteiger partial charge in [-0.15, -0.1) is 0 Å². The van der Waals surface area contributed by atoms with Crippen LogP contribution in [0, 0.1) is 0 Å². The van der Waals surface area contributed by atoms with E-state index in [1.54, 1.807) is 46.0 Å². The zero-order valence-electron chi connectivity index (χ0n) is 21.3. The molecule has 0 saturated heterocycles. The zero-order chi connectivity index (χ0) is 26.9. The van der Waals surface area contributed by atoms with Gasteiger partial charge in [0.25, 0.3) is 0 Å². The van der Waals surface area contributed by atoms with Gasteiger partial charge in [-0.1, -0.05) is 18.2 Å². The van der Waals surface area contributed by atoms with Crippen molar-refractivity contribution < 1.29 is 34.0 Å². The van der Waals surface area contributed by atoms with Crippen LogP contribution < -0.4 is 15.5 Å². The maximum absolute atomic E-state index is 13.0. The Balaban J connectivity index is 1.91. The van der Waals surface area contributed by atoms with E-state index in [1.807, 2.05) is 0 Å². The fourth-order valence-electron chi connectivity index (χ4n) is 4.53. The summed E-state index contributed by atoms with van der Waals surface area (Å²) in [5, 5.41) is 33.9. The molecule has 2 heterocycles. The van der Waals surface area contributed by atoms with Crippen molar-refractivity contribution in [2.24, 2.45) is 0 Å². The Bertz CT molecular complexity index is 1440. The van der Waals surface area contributed by atoms with Gasteiger partial charge in [-0.25, -0.2) is 4.79 Å². The van der Waals surface area contributed by atoms with Gasteiger partial charge in [0.05, 0.1) is 5.56 Å². The third-order valence-electron chi connectivity index (χ3n) is 6.57. The molecule has 9 nitrogen and oxygen atoms in total. The number of carbonyl (C=O) groups excluding carboxylic acids is 1. The van der Waals surface area contributed by atoms with Crippen molar-refractivity contribution in [2.75, 3.05) is 13.6 Å². The first-order chi connectivity index (χ1) is 17.6. The summed E-state index contributed by atoms with van der Waals surface area (Å²) in [6.07, 6.45) is 1.49. The number of hydrogen-bond donors (Lipinski definition) is 4. The summed E-state index contributed by atoms with van der Waals surface area (Å²) in [7, 11) is 1.80. The van der Waals surface area contributed by atoms with E-state index in [0.29, 0.717) is 29.7 Å². The topological polar surface area (TPSA) is 138 Å². The van der Waals surface area contributed by atoms with Gasteiger partial charge < -0.3 is 34.5 Å². The standard InChI is InChI=1S/C28H31NO8/c1-5-15(9-10-29-4)27(34)36-21-13-19-24(33)23-20(32)12-18(14-30)35-26(23)22(25(19)37-28(21,2)3)16-7-6-8-17(31)11-16/h5-8,11-12,21,29-31,33H,9-10,13-14H2,1-4H3/t21-/m0/s1. The molecule has 2 aromatic carbocycles. The Kier molecular flexibility index (Phi) is 7.29. The summed E-state index contributed by atoms with van der Waals surface area (Å²) < 4.78 is 18.1. The number of benzene rings is 2. The Labute approximate surface area is 214 Å². The van der Waals surface area contributed by atoms with E-state index < -0.39 is 29.7 Å². The molecule has 0 unspecified atom stereocenters. The molecule has 37 heavy (non-hydrogen) atoms. The number of ether oxygens (including phenoxy) is 2. The first-order valence-electron chi connectivity index (χ1n) is 12.1. The van der Waals surface area contributed by atoms with Crippen molar-refractivity contribution in [3.05, 3.63) is 63.5 Å². The van der Waals surface area contributed by atoms with Crippen molar-refractivity contribution in [1.82, 2.24) is 5.32 Å². The normalized spacial score (nSPS) is 16.8. The Morgan fingerprint density at radius 3 is 2.68 bits per heavy atom. The lowest BCUT2D eigenvalue weighted by atomic mass is 9.86. The summed E-state index contributed by atoms with van der Waals surface area (Å²) in [5.74, 6) is -0.586. The van der Waals surface area contributed by atoms with Crippen LogP contribution in [0.15, 0.2) is 51.2 Å². The molecular formula is C28H31NO8. The highest BCUT2D eigenvalue weighted by molar-refractivity contribution is 6.01. The average Bonchev–Trinajstić information content (AvgIpc) is 2.85. The maximum Gasteiger partial charge on any atom is 0.334 e. The van der Waals surface area contributed by atoms with Crippen LogP contribution in [0.5, 0.6) is 17.2 Å². The van der Waals surface area contributed by atoms with Crippen molar-refractivity contribution in [1.29, 1.82) is 0 Å². The zero-order valence-corrected chi connectivity index (χ0v) is 21.3. The molecule has 9 heteroatoms. The summed E-state index contributed by atoms with van der Waals surface area (Å²) in [6, 6.07) is 7.44. The molecule has 1 aromatic heterocycles. The highest BCUT2D eigenvalue weighted by atomic mass is 16.6. The van der Waals surface area contributed by atoms with Crippen LogP contribution in [0.25, 0.3) is 22.1 Å². The third-order valence-corrected chi connectivity index (χ3v) is 6.57. The van der Waals surface area contributed by atoms with Gasteiger partial charge in [-0.05, 0) is 58.5 Å². The first kappa shape index (κ1) is 26.2. The lowest BCUT2D eigenvalue weighted by molar-refractivity contribution is -0.156. The second kappa shape index (κ2) is 10.3. The number of rotatable bonds is 7. The molecule has 4 N–H and O–H groups in total. The highest BCUT2D eigenvalue weighted by Crippen LogP contribution is 2.50. The van der Waals surface area contributed by atoms with Crippen LogP contribution in [-0.4, -0.2) is 46.6 Å². The summed E-state index contributed by atoms with van der Waals surface area (Å²) in [4.78, 5) is 26.0. The van der Waals surface area contributed by atoms with Crippen LogP contribution >= 0.6 is 0 Å². The maximum atomic E-state index is 13.0. The number of carbonyl (C=O) groups is 1. The third kappa shape index (κ3) is 4.92. The number of aromatic hydroxyl groups is 2. The van der Waals surface area contributed by atoms with Gasteiger partial charge in [0.1, 0.15) is 46.7 Å². The number of nitrogens with one attached hydrogen (secondary N) is 1. The second-order valence-corrected chi connectivity index (χ2v) is 9.49. The molecule has 0 amide bonds. The largest absolute Gasteiger partial charge is 0.508 e. The molecule has 0 fully saturated rings. The smallest absolute Gasteiger partial charge is 0.334 e. The van der Waals surface area contributed by atoms with E-state index in [0.717, 1.165) is 6.07 Å². The molecular weight excluding hydrogens is 478 g/mol. The first-order valence-corrected chi connectivity index (χ1v) is 12.1. The van der Waals surface area contributed by atoms with Crippen LogP contribution in [0.4, 0.5) is 0 Å². The lowest BCUT2D eigenvalue weighted by Crippen LogP contribution is -2.49. The van der Waals surface area contributed by atoms with Gasteiger partial charge in [-0.3, -0.25) is 4.79 Å².